The number of anilines is 1. The summed E-state index contributed by atoms with van der Waals surface area (Å²) < 4.78 is 5.19. The number of hydrogen-bond donors (Lipinski definition) is 1. The predicted molar refractivity (Wildman–Crippen MR) is 62.5 cm³/mol. The Morgan fingerprint density at radius 2 is 2.07 bits per heavy atom. The molecule has 0 unspecified atom stereocenters. The highest BCUT2D eigenvalue weighted by Crippen LogP contribution is 2.25. The van der Waals surface area contributed by atoms with Crippen molar-refractivity contribution < 1.29 is 4.42 Å². The van der Waals surface area contributed by atoms with Gasteiger partial charge in [0.1, 0.15) is 5.76 Å². The van der Waals surface area contributed by atoms with Gasteiger partial charge in [0.25, 0.3) is 0 Å². The number of benzene rings is 1. The van der Waals surface area contributed by atoms with Gasteiger partial charge in [-0.1, -0.05) is 23.2 Å². The molecule has 15 heavy (non-hydrogen) atoms. The fraction of sp³-hybridized carbons (Fsp3) is 0.0909. The van der Waals surface area contributed by atoms with E-state index in [2.05, 4.69) is 5.32 Å². The van der Waals surface area contributed by atoms with Crippen molar-refractivity contribution in [1.29, 1.82) is 0 Å². The third-order valence-corrected chi connectivity index (χ3v) is 2.53. The van der Waals surface area contributed by atoms with Crippen LogP contribution in [0.5, 0.6) is 0 Å². The Balaban J connectivity index is 2.07. The number of nitrogens with one attached hydrogen (secondary N) is 1. The predicted octanol–water partition coefficient (Wildman–Crippen LogP) is 4.20. The Bertz CT molecular complexity index is 440. The van der Waals surface area contributed by atoms with Crippen molar-refractivity contribution >= 4 is 28.9 Å². The van der Waals surface area contributed by atoms with Crippen LogP contribution in [0.1, 0.15) is 5.76 Å². The summed E-state index contributed by atoms with van der Waals surface area (Å²) in [4.78, 5) is 0. The zero-order valence-corrected chi connectivity index (χ0v) is 9.35. The molecule has 0 saturated carbocycles. The smallest absolute Gasteiger partial charge is 0.122 e. The van der Waals surface area contributed by atoms with Gasteiger partial charge >= 0.3 is 0 Å². The molecule has 2 aromatic rings. The Hall–Kier alpha value is -1.12. The van der Waals surface area contributed by atoms with Crippen molar-refractivity contribution in [3.63, 3.8) is 0 Å². The second-order valence-electron chi connectivity index (χ2n) is 3.06. The average Bonchev–Trinajstić information content (AvgIpc) is 2.72. The summed E-state index contributed by atoms with van der Waals surface area (Å²) in [6, 6.07) is 9.03. The minimum atomic E-state index is 0.590. The van der Waals surface area contributed by atoms with E-state index >= 15 is 0 Å². The normalized spacial score (nSPS) is 10.3. The van der Waals surface area contributed by atoms with Gasteiger partial charge in [0, 0.05) is 5.02 Å². The second kappa shape index (κ2) is 4.60. The zero-order valence-electron chi connectivity index (χ0n) is 7.84. The van der Waals surface area contributed by atoms with E-state index in [-0.39, 0.29) is 0 Å². The van der Waals surface area contributed by atoms with Gasteiger partial charge in [-0.2, -0.15) is 0 Å². The van der Waals surface area contributed by atoms with Gasteiger partial charge in [-0.15, -0.1) is 0 Å². The zero-order chi connectivity index (χ0) is 10.7. The summed E-state index contributed by atoms with van der Waals surface area (Å²) in [6.45, 7) is 0.590. The monoisotopic (exact) mass is 241 g/mol. The van der Waals surface area contributed by atoms with Gasteiger partial charge < -0.3 is 9.73 Å². The Morgan fingerprint density at radius 1 is 1.20 bits per heavy atom. The van der Waals surface area contributed by atoms with E-state index in [1.807, 2.05) is 12.1 Å². The topological polar surface area (TPSA) is 25.2 Å². The molecular formula is C11H9Cl2NO. The molecule has 4 heteroatoms. The maximum atomic E-state index is 5.98. The highest BCUT2D eigenvalue weighted by molar-refractivity contribution is 6.35. The molecule has 1 N–H and O–H groups in total. The first kappa shape index (κ1) is 10.4. The second-order valence-corrected chi connectivity index (χ2v) is 3.90. The SMILES string of the molecule is Clc1ccc(Cl)c(NCc2ccco2)c1. The molecule has 0 aliphatic rings. The Labute approximate surface area is 97.8 Å². The number of halogens is 2. The maximum absolute atomic E-state index is 5.98. The average molecular weight is 242 g/mol. The largest absolute Gasteiger partial charge is 0.467 e. The molecule has 0 spiro atoms. The van der Waals surface area contributed by atoms with Gasteiger partial charge in [0.15, 0.2) is 0 Å². The highest BCUT2D eigenvalue weighted by Gasteiger charge is 2.01. The van der Waals surface area contributed by atoms with Crippen molar-refractivity contribution in [2.75, 3.05) is 5.32 Å². The first-order valence-electron chi connectivity index (χ1n) is 4.47. The summed E-state index contributed by atoms with van der Waals surface area (Å²) in [5, 5.41) is 4.44. The molecule has 1 heterocycles. The van der Waals surface area contributed by atoms with Crippen molar-refractivity contribution in [1.82, 2.24) is 0 Å². The summed E-state index contributed by atoms with van der Waals surface area (Å²) in [7, 11) is 0. The Morgan fingerprint density at radius 3 is 2.80 bits per heavy atom. The lowest BCUT2D eigenvalue weighted by atomic mass is 10.3. The number of rotatable bonds is 3. The van der Waals surface area contributed by atoms with Gasteiger partial charge in [-0.3, -0.25) is 0 Å². The molecule has 1 aromatic carbocycles. The van der Waals surface area contributed by atoms with Crippen LogP contribution in [0.3, 0.4) is 0 Å². The summed E-state index contributed by atoms with van der Waals surface area (Å²) in [5.41, 5.74) is 0.806. The van der Waals surface area contributed by atoms with Crippen molar-refractivity contribution in [3.05, 3.63) is 52.4 Å². The van der Waals surface area contributed by atoms with Gasteiger partial charge in [-0.25, -0.2) is 0 Å². The van der Waals surface area contributed by atoms with Crippen molar-refractivity contribution in [2.24, 2.45) is 0 Å². The summed E-state index contributed by atoms with van der Waals surface area (Å²) in [5.74, 6) is 0.853. The molecule has 0 atom stereocenters. The van der Waals surface area contributed by atoms with Crippen LogP contribution in [0.15, 0.2) is 41.0 Å². The van der Waals surface area contributed by atoms with E-state index in [1.165, 1.54) is 0 Å². The lowest BCUT2D eigenvalue weighted by Gasteiger charge is -2.06. The van der Waals surface area contributed by atoms with Crippen LogP contribution >= 0.6 is 23.2 Å². The first-order valence-corrected chi connectivity index (χ1v) is 5.22. The van der Waals surface area contributed by atoms with Crippen LogP contribution in [-0.4, -0.2) is 0 Å². The molecule has 0 aliphatic carbocycles. The molecule has 2 nitrogen and oxygen atoms in total. The fourth-order valence-corrected chi connectivity index (χ4v) is 1.58. The maximum Gasteiger partial charge on any atom is 0.122 e. The highest BCUT2D eigenvalue weighted by atomic mass is 35.5. The fourth-order valence-electron chi connectivity index (χ4n) is 1.23. The number of furan rings is 1. The van der Waals surface area contributed by atoms with E-state index in [4.69, 9.17) is 27.6 Å². The molecule has 2 rings (SSSR count). The minimum Gasteiger partial charge on any atom is -0.467 e. The molecule has 0 amide bonds. The van der Waals surface area contributed by atoms with Gasteiger partial charge in [-0.05, 0) is 30.3 Å². The van der Waals surface area contributed by atoms with Crippen molar-refractivity contribution in [3.8, 4) is 0 Å². The molecule has 78 valence electrons. The van der Waals surface area contributed by atoms with Crippen LogP contribution < -0.4 is 5.32 Å². The third kappa shape index (κ3) is 2.67. The van der Waals surface area contributed by atoms with Crippen LogP contribution in [0.4, 0.5) is 5.69 Å². The van der Waals surface area contributed by atoms with E-state index in [0.717, 1.165) is 11.4 Å². The molecule has 0 fully saturated rings. The van der Waals surface area contributed by atoms with Gasteiger partial charge in [0.05, 0.1) is 23.5 Å². The lowest BCUT2D eigenvalue weighted by molar-refractivity contribution is 0.518. The molecule has 0 bridgehead atoms. The molecule has 0 aliphatic heterocycles. The third-order valence-electron chi connectivity index (χ3n) is 1.96. The first-order chi connectivity index (χ1) is 7.25. The van der Waals surface area contributed by atoms with Crippen LogP contribution in [0.2, 0.25) is 10.0 Å². The standard InChI is InChI=1S/C11H9Cl2NO/c12-8-3-4-10(13)11(6-8)14-7-9-2-1-5-15-9/h1-6,14H,7H2. The summed E-state index contributed by atoms with van der Waals surface area (Å²) in [6.07, 6.45) is 1.64. The lowest BCUT2D eigenvalue weighted by Crippen LogP contribution is -1.98. The van der Waals surface area contributed by atoms with E-state index in [9.17, 15) is 0 Å². The minimum absolute atomic E-state index is 0.590. The number of hydrogen-bond acceptors (Lipinski definition) is 2. The quantitative estimate of drug-likeness (QED) is 0.872. The molecule has 0 saturated heterocycles. The van der Waals surface area contributed by atoms with Crippen molar-refractivity contribution in [2.45, 2.75) is 6.54 Å². The molecule has 0 radical (unpaired) electrons. The Kier molecular flexibility index (Phi) is 3.19. The van der Waals surface area contributed by atoms with E-state index in [0.29, 0.717) is 16.6 Å². The van der Waals surface area contributed by atoms with Crippen LogP contribution in [-0.2, 0) is 6.54 Å². The van der Waals surface area contributed by atoms with Crippen LogP contribution in [0.25, 0.3) is 0 Å². The molecular weight excluding hydrogens is 233 g/mol. The summed E-state index contributed by atoms with van der Waals surface area (Å²) >= 11 is 11.8. The van der Waals surface area contributed by atoms with E-state index in [1.54, 1.807) is 24.5 Å². The van der Waals surface area contributed by atoms with Crippen LogP contribution in [0, 0.1) is 0 Å². The van der Waals surface area contributed by atoms with E-state index < -0.39 is 0 Å². The van der Waals surface area contributed by atoms with Gasteiger partial charge in [0.2, 0.25) is 0 Å². The molecule has 1 aromatic heterocycles.